The van der Waals surface area contributed by atoms with Gasteiger partial charge < -0.3 is 4.90 Å². The van der Waals surface area contributed by atoms with E-state index in [0.717, 1.165) is 11.4 Å². The Morgan fingerprint density at radius 1 is 1.06 bits per heavy atom. The van der Waals surface area contributed by atoms with Gasteiger partial charge in [0.15, 0.2) is 0 Å². The lowest BCUT2D eigenvalue weighted by atomic mass is 9.97. The Kier molecular flexibility index (Phi) is 3.44. The predicted octanol–water partition coefficient (Wildman–Crippen LogP) is 3.25. The average Bonchev–Trinajstić information content (AvgIpc) is 2.16. The molecule has 0 fully saturated rings. The molecule has 0 radical (unpaired) electrons. The fraction of sp³-hybridized carbons (Fsp3) is 0.429. The molecule has 0 saturated heterocycles. The zero-order chi connectivity index (χ0) is 13.2. The summed E-state index contributed by atoms with van der Waals surface area (Å²) in [4.78, 5) is 2.20. The Morgan fingerprint density at radius 2 is 1.47 bits per heavy atom. The summed E-state index contributed by atoms with van der Waals surface area (Å²) in [6, 6.07) is 3.85. The van der Waals surface area contributed by atoms with Crippen LogP contribution in [0.2, 0.25) is 0 Å². The first-order valence-electron chi connectivity index (χ1n) is 5.52. The van der Waals surface area contributed by atoms with Gasteiger partial charge in [-0.25, -0.2) is 0 Å². The van der Waals surface area contributed by atoms with Crippen LogP contribution >= 0.6 is 0 Å². The molecule has 0 amide bonds. The van der Waals surface area contributed by atoms with E-state index in [2.05, 4.69) is 25.7 Å². The summed E-state index contributed by atoms with van der Waals surface area (Å²) in [7, 11) is 0. The van der Waals surface area contributed by atoms with Crippen molar-refractivity contribution in [3.8, 4) is 12.1 Å². The number of hydrogen-bond acceptors (Lipinski definition) is 3. The molecule has 0 bridgehead atoms. The van der Waals surface area contributed by atoms with Gasteiger partial charge >= 0.3 is 0 Å². The van der Waals surface area contributed by atoms with Crippen LogP contribution in [0.1, 0.15) is 34.6 Å². The Morgan fingerprint density at radius 3 is 1.76 bits per heavy atom. The molecule has 0 aliphatic carbocycles. The van der Waals surface area contributed by atoms with Crippen molar-refractivity contribution >= 4 is 0 Å². The molecule has 0 spiro atoms. The number of allylic oxidation sites excluding steroid dienone is 6. The highest BCUT2D eigenvalue weighted by atomic mass is 15.2. The summed E-state index contributed by atoms with van der Waals surface area (Å²) >= 11 is 0. The second kappa shape index (κ2) is 4.47. The van der Waals surface area contributed by atoms with Gasteiger partial charge in [-0.2, -0.15) is 10.5 Å². The lowest BCUT2D eigenvalue weighted by Crippen LogP contribution is -2.39. The molecular formula is C14H17N3. The molecule has 0 N–H and O–H groups in total. The molecule has 3 heteroatoms. The Labute approximate surface area is 103 Å². The molecule has 0 atom stereocenters. The van der Waals surface area contributed by atoms with Gasteiger partial charge in [0.25, 0.3) is 0 Å². The van der Waals surface area contributed by atoms with Crippen LogP contribution in [-0.4, -0.2) is 10.4 Å². The van der Waals surface area contributed by atoms with Crippen LogP contribution in [0.4, 0.5) is 0 Å². The van der Waals surface area contributed by atoms with E-state index in [1.165, 1.54) is 0 Å². The average molecular weight is 227 g/mol. The van der Waals surface area contributed by atoms with Crippen LogP contribution < -0.4 is 0 Å². The van der Waals surface area contributed by atoms with Gasteiger partial charge in [0, 0.05) is 22.5 Å². The number of rotatable bonds is 0. The summed E-state index contributed by atoms with van der Waals surface area (Å²) in [5.41, 5.74) is 2.96. The third-order valence-electron chi connectivity index (χ3n) is 2.62. The molecule has 0 aromatic rings. The summed E-state index contributed by atoms with van der Waals surface area (Å²) in [5, 5.41) is 17.7. The van der Waals surface area contributed by atoms with Crippen LogP contribution in [-0.2, 0) is 0 Å². The van der Waals surface area contributed by atoms with Crippen LogP contribution in [0.25, 0.3) is 0 Å². The summed E-state index contributed by atoms with van der Waals surface area (Å²) in [6.07, 6.45) is 3.78. The van der Waals surface area contributed by atoms with Gasteiger partial charge in [-0.1, -0.05) is 0 Å². The fourth-order valence-corrected chi connectivity index (χ4v) is 2.26. The van der Waals surface area contributed by atoms with Crippen molar-refractivity contribution in [2.24, 2.45) is 0 Å². The molecule has 1 rings (SSSR count). The van der Waals surface area contributed by atoms with Crippen molar-refractivity contribution in [3.63, 3.8) is 0 Å². The maximum Gasteiger partial charge on any atom is 0.137 e. The van der Waals surface area contributed by atoms with E-state index in [4.69, 9.17) is 10.5 Å². The molecule has 17 heavy (non-hydrogen) atoms. The maximum absolute atomic E-state index is 8.87. The quantitative estimate of drug-likeness (QED) is 0.597. The second-order valence-corrected chi connectivity index (χ2v) is 5.13. The topological polar surface area (TPSA) is 50.8 Å². The first-order chi connectivity index (χ1) is 7.81. The summed E-state index contributed by atoms with van der Waals surface area (Å²) in [6.45, 7) is 10.4. The minimum absolute atomic E-state index is 0.00779. The van der Waals surface area contributed by atoms with Gasteiger partial charge in [0.2, 0.25) is 0 Å². The normalized spacial score (nSPS) is 15.7. The van der Waals surface area contributed by atoms with Crippen LogP contribution in [0.15, 0.2) is 34.7 Å². The second-order valence-electron chi connectivity index (χ2n) is 5.13. The van der Waals surface area contributed by atoms with Gasteiger partial charge in [-0.05, 0) is 46.8 Å². The first-order valence-corrected chi connectivity index (χ1v) is 5.52. The molecule has 1 aliphatic rings. The highest BCUT2D eigenvalue weighted by Crippen LogP contribution is 2.31. The largest absolute Gasteiger partial charge is 0.344 e. The van der Waals surface area contributed by atoms with Crippen molar-refractivity contribution in [3.05, 3.63) is 34.7 Å². The third-order valence-corrected chi connectivity index (χ3v) is 2.62. The van der Waals surface area contributed by atoms with Gasteiger partial charge in [-0.15, -0.1) is 0 Å². The van der Waals surface area contributed by atoms with E-state index in [-0.39, 0.29) is 11.1 Å². The van der Waals surface area contributed by atoms with E-state index in [1.807, 2.05) is 38.1 Å². The SMILES string of the molecule is CC1=CC(=C(C#N)C#N)C=C(C)N1C(C)(C)C. The molecule has 1 aliphatic heterocycles. The minimum atomic E-state index is -0.00779. The Hall–Kier alpha value is -2.00. The highest BCUT2D eigenvalue weighted by Gasteiger charge is 2.25. The zero-order valence-corrected chi connectivity index (χ0v) is 11.0. The number of nitrogens with zero attached hydrogens (tertiary/aromatic N) is 3. The minimum Gasteiger partial charge on any atom is -0.344 e. The monoisotopic (exact) mass is 227 g/mol. The van der Waals surface area contributed by atoms with E-state index in [0.29, 0.717) is 5.57 Å². The van der Waals surface area contributed by atoms with Crippen LogP contribution in [0.3, 0.4) is 0 Å². The van der Waals surface area contributed by atoms with Crippen molar-refractivity contribution < 1.29 is 0 Å². The van der Waals surface area contributed by atoms with E-state index in [9.17, 15) is 0 Å². The maximum atomic E-state index is 8.87. The number of nitriles is 2. The van der Waals surface area contributed by atoms with Crippen LogP contribution in [0.5, 0.6) is 0 Å². The van der Waals surface area contributed by atoms with E-state index >= 15 is 0 Å². The van der Waals surface area contributed by atoms with Crippen molar-refractivity contribution in [2.45, 2.75) is 40.2 Å². The molecule has 0 unspecified atom stereocenters. The fourth-order valence-electron chi connectivity index (χ4n) is 2.26. The van der Waals surface area contributed by atoms with E-state index in [1.54, 1.807) is 0 Å². The summed E-state index contributed by atoms with van der Waals surface area (Å²) < 4.78 is 0. The zero-order valence-electron chi connectivity index (χ0n) is 11.0. The van der Waals surface area contributed by atoms with Crippen LogP contribution in [0, 0.1) is 22.7 Å². The molecular weight excluding hydrogens is 210 g/mol. The summed E-state index contributed by atoms with van der Waals surface area (Å²) in [5.74, 6) is 0. The lowest BCUT2D eigenvalue weighted by molar-refractivity contribution is 0.235. The third kappa shape index (κ3) is 2.57. The standard InChI is InChI=1S/C14H17N3/c1-10-6-12(13(8-15)9-16)7-11(2)17(10)14(3,4)5/h6-7H,1-5H3. The number of hydrogen-bond donors (Lipinski definition) is 0. The van der Waals surface area contributed by atoms with Crippen molar-refractivity contribution in [1.29, 1.82) is 10.5 Å². The molecule has 0 saturated carbocycles. The molecule has 0 aromatic heterocycles. The Bertz CT molecular complexity index is 461. The Balaban J connectivity index is 3.32. The lowest BCUT2D eigenvalue weighted by Gasteiger charge is -2.40. The van der Waals surface area contributed by atoms with E-state index < -0.39 is 0 Å². The predicted molar refractivity (Wildman–Crippen MR) is 67.4 cm³/mol. The molecule has 88 valence electrons. The van der Waals surface area contributed by atoms with Gasteiger partial charge in [0.05, 0.1) is 0 Å². The molecule has 1 heterocycles. The highest BCUT2D eigenvalue weighted by molar-refractivity contribution is 5.53. The molecule has 3 nitrogen and oxygen atoms in total. The van der Waals surface area contributed by atoms with Gasteiger partial charge in [-0.3, -0.25) is 0 Å². The van der Waals surface area contributed by atoms with Gasteiger partial charge in [0.1, 0.15) is 17.7 Å². The van der Waals surface area contributed by atoms with Crippen molar-refractivity contribution in [2.75, 3.05) is 0 Å². The smallest absolute Gasteiger partial charge is 0.137 e. The molecule has 0 aromatic carbocycles. The van der Waals surface area contributed by atoms with Crippen molar-refractivity contribution in [1.82, 2.24) is 4.90 Å². The first kappa shape index (κ1) is 13.1.